The van der Waals surface area contributed by atoms with Crippen molar-refractivity contribution in [3.8, 4) is 5.75 Å². The van der Waals surface area contributed by atoms with Crippen molar-refractivity contribution in [2.24, 2.45) is 11.8 Å². The second-order valence-electron chi connectivity index (χ2n) is 7.56. The number of hydrogen-bond acceptors (Lipinski definition) is 4. The molecule has 3 unspecified atom stereocenters. The Bertz CT molecular complexity index is 534. The Morgan fingerprint density at radius 1 is 1.08 bits per heavy atom. The summed E-state index contributed by atoms with van der Waals surface area (Å²) in [6.45, 7) is 2.41. The highest BCUT2D eigenvalue weighted by Gasteiger charge is 2.26. The molecule has 1 aromatic carbocycles. The summed E-state index contributed by atoms with van der Waals surface area (Å²) in [7, 11) is 1.66. The fourth-order valence-corrected chi connectivity index (χ4v) is 4.26. The highest BCUT2D eigenvalue weighted by molar-refractivity contribution is 5.73. The van der Waals surface area contributed by atoms with Crippen molar-refractivity contribution in [3.05, 3.63) is 18.2 Å². The van der Waals surface area contributed by atoms with Crippen molar-refractivity contribution in [3.63, 3.8) is 0 Å². The zero-order chi connectivity index (χ0) is 16.9. The van der Waals surface area contributed by atoms with E-state index >= 15 is 0 Å². The number of unbranched alkanes of at least 4 members (excludes halogenated alkanes) is 2. The van der Waals surface area contributed by atoms with Gasteiger partial charge >= 0.3 is 0 Å². The third-order valence-electron chi connectivity index (χ3n) is 5.88. The Labute approximate surface area is 146 Å². The van der Waals surface area contributed by atoms with E-state index in [0.717, 1.165) is 35.4 Å². The predicted octanol–water partition coefficient (Wildman–Crippen LogP) is 4.61. The molecule has 4 heteroatoms. The maximum atomic E-state index is 10.3. The Balaban J connectivity index is 1.41. The normalized spacial score (nSPS) is 28.8. The smallest absolute Gasteiger partial charge is 0.144 e. The first-order chi connectivity index (χ1) is 11.7. The number of fused-ring (bicyclic) bond motifs is 1. The Hall–Kier alpha value is -1.42. The molecule has 3 N–H and O–H groups in total. The SMILES string of the molecule is COc1ccc2c(c1)NC(O)C(CCCCC[C@@H]1CCCC1C)N2. The summed E-state index contributed by atoms with van der Waals surface area (Å²) in [5, 5.41) is 17.0. The number of rotatable bonds is 7. The summed E-state index contributed by atoms with van der Waals surface area (Å²) < 4.78 is 5.23. The molecule has 1 aliphatic heterocycles. The quantitative estimate of drug-likeness (QED) is 0.638. The average molecular weight is 332 g/mol. The van der Waals surface area contributed by atoms with Gasteiger partial charge in [-0.3, -0.25) is 0 Å². The average Bonchev–Trinajstić information content (AvgIpc) is 2.99. The van der Waals surface area contributed by atoms with Crippen LogP contribution in [0.3, 0.4) is 0 Å². The Morgan fingerprint density at radius 2 is 1.92 bits per heavy atom. The molecule has 1 fully saturated rings. The molecular weight excluding hydrogens is 300 g/mol. The van der Waals surface area contributed by atoms with Gasteiger partial charge in [0.2, 0.25) is 0 Å². The molecule has 2 aliphatic rings. The van der Waals surface area contributed by atoms with Gasteiger partial charge in [-0.1, -0.05) is 51.9 Å². The van der Waals surface area contributed by atoms with Crippen LogP contribution in [0.25, 0.3) is 0 Å². The molecule has 1 aliphatic carbocycles. The van der Waals surface area contributed by atoms with Crippen molar-refractivity contribution in [1.29, 1.82) is 0 Å². The van der Waals surface area contributed by atoms with Gasteiger partial charge in [-0.2, -0.15) is 0 Å². The lowest BCUT2D eigenvalue weighted by atomic mass is 9.91. The van der Waals surface area contributed by atoms with E-state index in [2.05, 4.69) is 17.6 Å². The molecule has 4 nitrogen and oxygen atoms in total. The number of anilines is 2. The van der Waals surface area contributed by atoms with Crippen LogP contribution in [0.1, 0.15) is 58.3 Å². The fraction of sp³-hybridized carbons (Fsp3) is 0.700. The lowest BCUT2D eigenvalue weighted by Gasteiger charge is -2.33. The minimum atomic E-state index is -0.542. The van der Waals surface area contributed by atoms with E-state index in [-0.39, 0.29) is 6.04 Å². The van der Waals surface area contributed by atoms with Crippen molar-refractivity contribution < 1.29 is 9.84 Å². The molecule has 134 valence electrons. The molecule has 0 radical (unpaired) electrons. The van der Waals surface area contributed by atoms with Crippen LogP contribution in [-0.4, -0.2) is 24.5 Å². The van der Waals surface area contributed by atoms with Crippen molar-refractivity contribution >= 4 is 11.4 Å². The molecule has 0 aromatic heterocycles. The molecule has 1 saturated carbocycles. The number of methoxy groups -OCH3 is 1. The molecule has 4 atom stereocenters. The molecule has 24 heavy (non-hydrogen) atoms. The van der Waals surface area contributed by atoms with Crippen molar-refractivity contribution in [2.45, 2.75) is 70.6 Å². The van der Waals surface area contributed by atoms with E-state index in [1.165, 1.54) is 44.9 Å². The third kappa shape index (κ3) is 4.15. The second-order valence-corrected chi connectivity index (χ2v) is 7.56. The first-order valence-electron chi connectivity index (χ1n) is 9.56. The molecule has 0 saturated heterocycles. The first-order valence-corrected chi connectivity index (χ1v) is 9.56. The zero-order valence-corrected chi connectivity index (χ0v) is 15.1. The lowest BCUT2D eigenvalue weighted by Crippen LogP contribution is -2.42. The summed E-state index contributed by atoms with van der Waals surface area (Å²) in [5.74, 6) is 2.70. The second kappa shape index (κ2) is 8.11. The highest BCUT2D eigenvalue weighted by atomic mass is 16.5. The van der Waals surface area contributed by atoms with Crippen molar-refractivity contribution in [1.82, 2.24) is 0 Å². The highest BCUT2D eigenvalue weighted by Crippen LogP contribution is 2.35. The van der Waals surface area contributed by atoms with Gasteiger partial charge in [0.05, 0.1) is 24.5 Å². The summed E-state index contributed by atoms with van der Waals surface area (Å²) in [6.07, 6.45) is 9.92. The van der Waals surface area contributed by atoms with Crippen LogP contribution < -0.4 is 15.4 Å². The fourth-order valence-electron chi connectivity index (χ4n) is 4.26. The van der Waals surface area contributed by atoms with E-state index < -0.39 is 6.23 Å². The number of aliphatic hydroxyl groups excluding tert-OH is 1. The number of aliphatic hydroxyl groups is 1. The molecule has 0 spiro atoms. The van der Waals surface area contributed by atoms with Gasteiger partial charge in [-0.15, -0.1) is 0 Å². The molecule has 0 amide bonds. The van der Waals surface area contributed by atoms with Crippen LogP contribution >= 0.6 is 0 Å². The summed E-state index contributed by atoms with van der Waals surface area (Å²) >= 11 is 0. The lowest BCUT2D eigenvalue weighted by molar-refractivity contribution is 0.171. The van der Waals surface area contributed by atoms with Gasteiger partial charge in [-0.05, 0) is 30.4 Å². The van der Waals surface area contributed by atoms with Gasteiger partial charge in [0.1, 0.15) is 12.0 Å². The van der Waals surface area contributed by atoms with Crippen LogP contribution in [0, 0.1) is 11.8 Å². The number of benzene rings is 1. The maximum absolute atomic E-state index is 10.3. The largest absolute Gasteiger partial charge is 0.497 e. The van der Waals surface area contributed by atoms with E-state index in [4.69, 9.17) is 4.74 Å². The minimum absolute atomic E-state index is 0.0799. The van der Waals surface area contributed by atoms with E-state index in [9.17, 15) is 5.11 Å². The molecule has 0 bridgehead atoms. The van der Waals surface area contributed by atoms with E-state index in [1.54, 1.807) is 7.11 Å². The molecule has 1 aromatic rings. The Kier molecular flexibility index (Phi) is 5.88. The van der Waals surface area contributed by atoms with Gasteiger partial charge in [-0.25, -0.2) is 0 Å². The van der Waals surface area contributed by atoms with Gasteiger partial charge in [0.15, 0.2) is 0 Å². The van der Waals surface area contributed by atoms with Gasteiger partial charge in [0, 0.05) is 6.07 Å². The molecular formula is C20H32N2O2. The number of ether oxygens (including phenoxy) is 1. The zero-order valence-electron chi connectivity index (χ0n) is 15.1. The summed E-state index contributed by atoms with van der Waals surface area (Å²) in [4.78, 5) is 0. The maximum Gasteiger partial charge on any atom is 0.144 e. The minimum Gasteiger partial charge on any atom is -0.497 e. The van der Waals surface area contributed by atoms with Crippen LogP contribution in [0.2, 0.25) is 0 Å². The van der Waals surface area contributed by atoms with Gasteiger partial charge < -0.3 is 20.5 Å². The Morgan fingerprint density at radius 3 is 2.67 bits per heavy atom. The molecule has 3 rings (SSSR count). The monoisotopic (exact) mass is 332 g/mol. The van der Waals surface area contributed by atoms with Crippen LogP contribution in [0.15, 0.2) is 18.2 Å². The topological polar surface area (TPSA) is 53.5 Å². The van der Waals surface area contributed by atoms with Crippen LogP contribution in [-0.2, 0) is 0 Å². The first kappa shape index (κ1) is 17.4. The number of hydrogen-bond donors (Lipinski definition) is 3. The van der Waals surface area contributed by atoms with Gasteiger partial charge in [0.25, 0.3) is 0 Å². The van der Waals surface area contributed by atoms with Crippen LogP contribution in [0.5, 0.6) is 5.75 Å². The van der Waals surface area contributed by atoms with E-state index in [1.807, 2.05) is 18.2 Å². The predicted molar refractivity (Wildman–Crippen MR) is 99.6 cm³/mol. The molecule has 1 heterocycles. The third-order valence-corrected chi connectivity index (χ3v) is 5.88. The summed E-state index contributed by atoms with van der Waals surface area (Å²) in [6, 6.07) is 5.97. The van der Waals surface area contributed by atoms with E-state index in [0.29, 0.717) is 0 Å². The standard InChI is InChI=1S/C20H32N2O2/c1-14-7-6-9-15(14)8-4-3-5-10-18-20(23)22-19-13-16(24-2)11-12-17(19)21-18/h11-15,18,20-23H,3-10H2,1-2H3/t14?,15-,18?,20?/m1/s1. The van der Waals surface area contributed by atoms with Crippen LogP contribution in [0.4, 0.5) is 11.4 Å². The summed E-state index contributed by atoms with van der Waals surface area (Å²) in [5.41, 5.74) is 1.96. The number of nitrogens with one attached hydrogen (secondary N) is 2. The van der Waals surface area contributed by atoms with Crippen molar-refractivity contribution in [2.75, 3.05) is 17.7 Å².